The molecule has 0 aliphatic rings. The molecule has 6 heteroatoms. The van der Waals surface area contributed by atoms with Crippen LogP contribution in [-0.2, 0) is 6.54 Å². The van der Waals surface area contributed by atoms with Crippen molar-refractivity contribution in [2.24, 2.45) is 0 Å². The number of benzene rings is 1. The summed E-state index contributed by atoms with van der Waals surface area (Å²) >= 11 is 6.17. The standard InChI is InChI=1S/C15H12ClN3O2/c16-12-4-2-1-3-11(12)9-19-6-5-10-8-17-13(7-14(10)19)15(20)18-21/h1-8,21H,9H2,(H,18,20). The zero-order valence-electron chi connectivity index (χ0n) is 11.0. The molecule has 0 bridgehead atoms. The van der Waals surface area contributed by atoms with Gasteiger partial charge < -0.3 is 4.57 Å². The van der Waals surface area contributed by atoms with Gasteiger partial charge in [-0.05, 0) is 23.8 Å². The molecule has 5 nitrogen and oxygen atoms in total. The van der Waals surface area contributed by atoms with Crippen molar-refractivity contribution in [3.8, 4) is 0 Å². The normalized spacial score (nSPS) is 10.8. The lowest BCUT2D eigenvalue weighted by Gasteiger charge is -2.08. The fourth-order valence-electron chi connectivity index (χ4n) is 2.21. The van der Waals surface area contributed by atoms with E-state index in [-0.39, 0.29) is 5.69 Å². The van der Waals surface area contributed by atoms with E-state index in [9.17, 15) is 4.79 Å². The molecule has 0 aliphatic carbocycles. The van der Waals surface area contributed by atoms with Gasteiger partial charge in [0.1, 0.15) is 5.69 Å². The van der Waals surface area contributed by atoms with Gasteiger partial charge in [-0.2, -0.15) is 0 Å². The molecule has 3 rings (SSSR count). The lowest BCUT2D eigenvalue weighted by Crippen LogP contribution is -2.19. The summed E-state index contributed by atoms with van der Waals surface area (Å²) in [5.41, 5.74) is 3.58. The van der Waals surface area contributed by atoms with E-state index in [4.69, 9.17) is 16.8 Å². The highest BCUT2D eigenvalue weighted by Crippen LogP contribution is 2.21. The zero-order chi connectivity index (χ0) is 14.8. The lowest BCUT2D eigenvalue weighted by molar-refractivity contribution is 0.0701. The predicted octanol–water partition coefficient (Wildman–Crippen LogP) is 2.86. The molecule has 0 fully saturated rings. The molecule has 106 valence electrons. The van der Waals surface area contributed by atoms with E-state index in [2.05, 4.69) is 4.98 Å². The molecule has 2 heterocycles. The SMILES string of the molecule is O=C(NO)c1cc2c(ccn2Cc2ccccc2Cl)cn1. The number of rotatable bonds is 3. The van der Waals surface area contributed by atoms with Gasteiger partial charge in [-0.1, -0.05) is 29.8 Å². The van der Waals surface area contributed by atoms with Crippen molar-refractivity contribution in [2.45, 2.75) is 6.54 Å². The van der Waals surface area contributed by atoms with Crippen LogP contribution in [-0.4, -0.2) is 20.7 Å². The Morgan fingerprint density at radius 2 is 2.14 bits per heavy atom. The van der Waals surface area contributed by atoms with Crippen LogP contribution in [0.15, 0.2) is 48.8 Å². The third kappa shape index (κ3) is 2.61. The molecule has 0 aliphatic heterocycles. The minimum Gasteiger partial charge on any atom is -0.343 e. The monoisotopic (exact) mass is 301 g/mol. The van der Waals surface area contributed by atoms with Crippen molar-refractivity contribution in [2.75, 3.05) is 0 Å². The number of nitrogens with zero attached hydrogens (tertiary/aromatic N) is 2. The Morgan fingerprint density at radius 1 is 1.33 bits per heavy atom. The number of amides is 1. The number of carbonyl (C=O) groups excluding carboxylic acids is 1. The first kappa shape index (κ1) is 13.6. The van der Waals surface area contributed by atoms with Crippen LogP contribution in [0.2, 0.25) is 5.02 Å². The zero-order valence-corrected chi connectivity index (χ0v) is 11.7. The van der Waals surface area contributed by atoms with Crippen LogP contribution in [0, 0.1) is 0 Å². The highest BCUT2D eigenvalue weighted by atomic mass is 35.5. The number of fused-ring (bicyclic) bond motifs is 1. The third-order valence-corrected chi connectivity index (χ3v) is 3.66. The molecule has 0 spiro atoms. The Morgan fingerprint density at radius 3 is 2.90 bits per heavy atom. The Kier molecular flexibility index (Phi) is 3.60. The van der Waals surface area contributed by atoms with Gasteiger partial charge in [0.15, 0.2) is 0 Å². The molecular weight excluding hydrogens is 290 g/mol. The van der Waals surface area contributed by atoms with Crippen LogP contribution in [0.5, 0.6) is 0 Å². The van der Waals surface area contributed by atoms with Gasteiger partial charge in [-0.3, -0.25) is 15.0 Å². The Bertz CT molecular complexity index is 814. The maximum atomic E-state index is 11.4. The molecule has 0 saturated heterocycles. The topological polar surface area (TPSA) is 67.2 Å². The van der Waals surface area contributed by atoms with E-state index in [0.717, 1.165) is 16.5 Å². The van der Waals surface area contributed by atoms with Crippen molar-refractivity contribution in [3.63, 3.8) is 0 Å². The van der Waals surface area contributed by atoms with Crippen LogP contribution in [0.4, 0.5) is 0 Å². The Hall–Kier alpha value is -2.37. The quantitative estimate of drug-likeness (QED) is 0.577. The molecular formula is C15H12ClN3O2. The van der Waals surface area contributed by atoms with E-state index in [1.165, 1.54) is 0 Å². The largest absolute Gasteiger partial charge is 0.343 e. The number of carbonyl (C=O) groups is 1. The first-order chi connectivity index (χ1) is 10.2. The smallest absolute Gasteiger partial charge is 0.293 e. The first-order valence-corrected chi connectivity index (χ1v) is 6.69. The number of nitrogens with one attached hydrogen (secondary N) is 1. The summed E-state index contributed by atoms with van der Waals surface area (Å²) in [5, 5.41) is 10.3. The lowest BCUT2D eigenvalue weighted by atomic mass is 10.2. The highest BCUT2D eigenvalue weighted by Gasteiger charge is 2.10. The number of hydroxylamine groups is 1. The van der Waals surface area contributed by atoms with Crippen LogP contribution < -0.4 is 5.48 Å². The minimum atomic E-state index is -0.637. The van der Waals surface area contributed by atoms with Crippen LogP contribution in [0.3, 0.4) is 0 Å². The summed E-state index contributed by atoms with van der Waals surface area (Å²) < 4.78 is 1.98. The van der Waals surface area contributed by atoms with Crippen LogP contribution in [0.25, 0.3) is 10.9 Å². The molecule has 0 unspecified atom stereocenters. The maximum Gasteiger partial charge on any atom is 0.293 e. The average Bonchev–Trinajstić information content (AvgIpc) is 2.91. The van der Waals surface area contributed by atoms with Crippen molar-refractivity contribution in [3.05, 3.63) is 65.1 Å². The summed E-state index contributed by atoms with van der Waals surface area (Å²) in [5.74, 6) is -0.637. The van der Waals surface area contributed by atoms with Gasteiger partial charge in [-0.15, -0.1) is 0 Å². The van der Waals surface area contributed by atoms with E-state index in [0.29, 0.717) is 11.6 Å². The summed E-state index contributed by atoms with van der Waals surface area (Å²) in [4.78, 5) is 15.5. The highest BCUT2D eigenvalue weighted by molar-refractivity contribution is 6.31. The van der Waals surface area contributed by atoms with Gasteiger partial charge in [0, 0.05) is 29.3 Å². The van der Waals surface area contributed by atoms with E-state index in [1.54, 1.807) is 17.7 Å². The fraction of sp³-hybridized carbons (Fsp3) is 0.0667. The number of hydrogen-bond acceptors (Lipinski definition) is 3. The molecule has 3 aromatic rings. The second-order valence-corrected chi connectivity index (χ2v) is 5.01. The molecule has 2 N–H and O–H groups in total. The second-order valence-electron chi connectivity index (χ2n) is 4.60. The average molecular weight is 302 g/mol. The van der Waals surface area contributed by atoms with Crippen LogP contribution in [0.1, 0.15) is 16.1 Å². The number of hydrogen-bond donors (Lipinski definition) is 2. The molecule has 0 saturated carbocycles. The van der Waals surface area contributed by atoms with Crippen LogP contribution >= 0.6 is 11.6 Å². The van der Waals surface area contributed by atoms with Gasteiger partial charge in [0.05, 0.1) is 5.52 Å². The minimum absolute atomic E-state index is 0.157. The van der Waals surface area contributed by atoms with E-state index < -0.39 is 5.91 Å². The molecule has 21 heavy (non-hydrogen) atoms. The fourth-order valence-corrected chi connectivity index (χ4v) is 2.41. The summed E-state index contributed by atoms with van der Waals surface area (Å²) in [6.45, 7) is 0.591. The Balaban J connectivity index is 2.03. The molecule has 2 aromatic heterocycles. The number of pyridine rings is 1. The van der Waals surface area contributed by atoms with Gasteiger partial charge >= 0.3 is 0 Å². The number of aromatic nitrogens is 2. The summed E-state index contributed by atoms with van der Waals surface area (Å²) in [6.07, 6.45) is 3.51. The van der Waals surface area contributed by atoms with E-state index >= 15 is 0 Å². The molecule has 0 radical (unpaired) electrons. The second kappa shape index (κ2) is 5.55. The first-order valence-electron chi connectivity index (χ1n) is 6.32. The van der Waals surface area contributed by atoms with Gasteiger partial charge in [0.25, 0.3) is 5.91 Å². The maximum absolute atomic E-state index is 11.4. The van der Waals surface area contributed by atoms with Crippen molar-refractivity contribution in [1.29, 1.82) is 0 Å². The van der Waals surface area contributed by atoms with Gasteiger partial charge in [-0.25, -0.2) is 5.48 Å². The molecule has 1 amide bonds. The molecule has 0 atom stereocenters. The van der Waals surface area contributed by atoms with Crippen molar-refractivity contribution < 1.29 is 10.0 Å². The Labute approximate surface area is 125 Å². The van der Waals surface area contributed by atoms with Crippen molar-refractivity contribution >= 4 is 28.4 Å². The van der Waals surface area contributed by atoms with Gasteiger partial charge in [0.2, 0.25) is 0 Å². The molecule has 1 aromatic carbocycles. The third-order valence-electron chi connectivity index (χ3n) is 3.29. The number of halogens is 1. The summed E-state index contributed by atoms with van der Waals surface area (Å²) in [7, 11) is 0. The van der Waals surface area contributed by atoms with E-state index in [1.807, 2.05) is 41.1 Å². The van der Waals surface area contributed by atoms with Crippen molar-refractivity contribution in [1.82, 2.24) is 15.0 Å². The summed E-state index contributed by atoms with van der Waals surface area (Å²) in [6, 6.07) is 11.2. The predicted molar refractivity (Wildman–Crippen MR) is 79.5 cm³/mol.